The maximum Gasteiger partial charge on any atom is 0.407 e. The maximum absolute atomic E-state index is 11.8. The van der Waals surface area contributed by atoms with Crippen molar-refractivity contribution in [3.63, 3.8) is 0 Å². The summed E-state index contributed by atoms with van der Waals surface area (Å²) >= 11 is 0. The van der Waals surface area contributed by atoms with Gasteiger partial charge in [0.2, 0.25) is 0 Å². The lowest BCUT2D eigenvalue weighted by molar-refractivity contribution is 0.0947. The standard InChI is InChI=1S/C15H18N2O4/c18-14(20-9-10-4-2-1-3-5-10)16-11-6-7-12-13(8-11)21-15(19)17-12/h1-5,11-13H,6-9H2,(H,16,18)(H,17,19). The van der Waals surface area contributed by atoms with Crippen LogP contribution < -0.4 is 10.6 Å². The SMILES string of the molecule is O=C(NC1CCC2NC(=O)OC2C1)OCc1ccccc1. The minimum atomic E-state index is -0.431. The summed E-state index contributed by atoms with van der Waals surface area (Å²) in [6, 6.07) is 9.60. The zero-order valence-electron chi connectivity index (χ0n) is 11.6. The zero-order chi connectivity index (χ0) is 14.7. The molecule has 2 aliphatic rings. The van der Waals surface area contributed by atoms with Crippen molar-refractivity contribution in [3.8, 4) is 0 Å². The Kier molecular flexibility index (Phi) is 3.94. The van der Waals surface area contributed by atoms with Gasteiger partial charge in [-0.15, -0.1) is 0 Å². The van der Waals surface area contributed by atoms with Crippen molar-refractivity contribution in [2.45, 2.75) is 44.1 Å². The normalized spacial score (nSPS) is 27.2. The molecule has 2 fully saturated rings. The van der Waals surface area contributed by atoms with Crippen LogP contribution in [-0.4, -0.2) is 30.4 Å². The fraction of sp³-hybridized carbons (Fsp3) is 0.467. The Labute approximate surface area is 122 Å². The third-order valence-electron chi connectivity index (χ3n) is 3.89. The molecule has 1 saturated carbocycles. The number of benzene rings is 1. The van der Waals surface area contributed by atoms with E-state index in [4.69, 9.17) is 9.47 Å². The van der Waals surface area contributed by atoms with Crippen molar-refractivity contribution < 1.29 is 19.1 Å². The van der Waals surface area contributed by atoms with E-state index >= 15 is 0 Å². The van der Waals surface area contributed by atoms with Gasteiger partial charge < -0.3 is 20.1 Å². The van der Waals surface area contributed by atoms with Gasteiger partial charge in [0, 0.05) is 12.5 Å². The quantitative estimate of drug-likeness (QED) is 0.892. The average molecular weight is 290 g/mol. The van der Waals surface area contributed by atoms with Gasteiger partial charge in [-0.05, 0) is 18.4 Å². The van der Waals surface area contributed by atoms with E-state index in [0.717, 1.165) is 18.4 Å². The highest BCUT2D eigenvalue weighted by Crippen LogP contribution is 2.25. The number of carbonyl (C=O) groups is 2. The van der Waals surface area contributed by atoms with Crippen LogP contribution in [0, 0.1) is 0 Å². The smallest absolute Gasteiger partial charge is 0.407 e. The molecular weight excluding hydrogens is 272 g/mol. The molecule has 0 radical (unpaired) electrons. The second-order valence-electron chi connectivity index (χ2n) is 5.41. The second kappa shape index (κ2) is 6.03. The van der Waals surface area contributed by atoms with Gasteiger partial charge in [0.25, 0.3) is 0 Å². The molecule has 3 unspecified atom stereocenters. The lowest BCUT2D eigenvalue weighted by Gasteiger charge is -2.29. The first-order chi connectivity index (χ1) is 10.2. The van der Waals surface area contributed by atoms with Gasteiger partial charge >= 0.3 is 12.2 Å². The third kappa shape index (κ3) is 3.45. The topological polar surface area (TPSA) is 76.7 Å². The molecule has 2 N–H and O–H groups in total. The molecule has 6 heteroatoms. The minimum Gasteiger partial charge on any atom is -0.445 e. The predicted molar refractivity (Wildman–Crippen MR) is 74.6 cm³/mol. The molecule has 0 aromatic heterocycles. The fourth-order valence-corrected chi connectivity index (χ4v) is 2.81. The first-order valence-corrected chi connectivity index (χ1v) is 7.15. The minimum absolute atomic E-state index is 0.0118. The summed E-state index contributed by atoms with van der Waals surface area (Å²) < 4.78 is 10.4. The second-order valence-corrected chi connectivity index (χ2v) is 5.41. The zero-order valence-corrected chi connectivity index (χ0v) is 11.6. The van der Waals surface area contributed by atoms with Crippen LogP contribution in [0.15, 0.2) is 30.3 Å². The molecule has 3 atom stereocenters. The van der Waals surface area contributed by atoms with E-state index in [2.05, 4.69) is 10.6 Å². The van der Waals surface area contributed by atoms with Gasteiger partial charge in [-0.3, -0.25) is 0 Å². The summed E-state index contributed by atoms with van der Waals surface area (Å²) in [5.74, 6) is 0. The molecule has 1 aliphatic carbocycles. The van der Waals surface area contributed by atoms with Crippen LogP contribution in [0.4, 0.5) is 9.59 Å². The van der Waals surface area contributed by atoms with Crippen LogP contribution in [0.2, 0.25) is 0 Å². The Balaban J connectivity index is 1.44. The number of hydrogen-bond donors (Lipinski definition) is 2. The van der Waals surface area contributed by atoms with Crippen molar-refractivity contribution in [2.75, 3.05) is 0 Å². The van der Waals surface area contributed by atoms with Crippen LogP contribution in [0.25, 0.3) is 0 Å². The van der Waals surface area contributed by atoms with E-state index in [1.54, 1.807) is 0 Å². The molecule has 0 spiro atoms. The number of hydrogen-bond acceptors (Lipinski definition) is 4. The van der Waals surface area contributed by atoms with E-state index in [1.165, 1.54) is 0 Å². The molecule has 3 rings (SSSR count). The molecule has 0 bridgehead atoms. The van der Waals surface area contributed by atoms with E-state index in [1.807, 2.05) is 30.3 Å². The fourth-order valence-electron chi connectivity index (χ4n) is 2.81. The third-order valence-corrected chi connectivity index (χ3v) is 3.89. The summed E-state index contributed by atoms with van der Waals surface area (Å²) in [6.07, 6.45) is 1.30. The molecule has 1 aromatic rings. The first-order valence-electron chi connectivity index (χ1n) is 7.15. The number of nitrogens with one attached hydrogen (secondary N) is 2. The number of amides is 2. The lowest BCUT2D eigenvalue weighted by atomic mass is 9.89. The molecule has 1 heterocycles. The number of carbonyl (C=O) groups excluding carboxylic acids is 2. The molecule has 1 saturated heterocycles. The van der Waals surface area contributed by atoms with Gasteiger partial charge in [0.05, 0.1) is 6.04 Å². The van der Waals surface area contributed by atoms with E-state index in [-0.39, 0.29) is 30.9 Å². The highest BCUT2D eigenvalue weighted by Gasteiger charge is 2.39. The molecular formula is C15H18N2O4. The van der Waals surface area contributed by atoms with Crippen molar-refractivity contribution in [1.82, 2.24) is 10.6 Å². The Morgan fingerprint density at radius 2 is 2.14 bits per heavy atom. The van der Waals surface area contributed by atoms with E-state index in [0.29, 0.717) is 6.42 Å². The average Bonchev–Trinajstić information content (AvgIpc) is 2.85. The van der Waals surface area contributed by atoms with Crippen LogP contribution in [0.1, 0.15) is 24.8 Å². The Bertz CT molecular complexity index is 520. The van der Waals surface area contributed by atoms with Crippen LogP contribution in [0.3, 0.4) is 0 Å². The van der Waals surface area contributed by atoms with Gasteiger partial charge in [0.1, 0.15) is 12.7 Å². The van der Waals surface area contributed by atoms with Gasteiger partial charge in [-0.2, -0.15) is 0 Å². The maximum atomic E-state index is 11.8. The molecule has 112 valence electrons. The summed E-state index contributed by atoms with van der Waals surface area (Å²) in [5.41, 5.74) is 0.949. The Morgan fingerprint density at radius 3 is 2.95 bits per heavy atom. The molecule has 1 aromatic carbocycles. The van der Waals surface area contributed by atoms with Crippen molar-refractivity contribution in [2.24, 2.45) is 0 Å². The lowest BCUT2D eigenvalue weighted by Crippen LogP contribution is -2.46. The number of alkyl carbamates (subject to hydrolysis) is 2. The largest absolute Gasteiger partial charge is 0.445 e. The Morgan fingerprint density at radius 1 is 1.33 bits per heavy atom. The first kappa shape index (κ1) is 13.7. The highest BCUT2D eigenvalue weighted by molar-refractivity contribution is 5.70. The number of rotatable bonds is 3. The summed E-state index contributed by atoms with van der Waals surface area (Å²) in [5, 5.41) is 5.61. The van der Waals surface area contributed by atoms with Crippen LogP contribution in [0.5, 0.6) is 0 Å². The summed E-state index contributed by atoms with van der Waals surface area (Å²) in [4.78, 5) is 22.9. The highest BCUT2D eigenvalue weighted by atomic mass is 16.6. The summed E-state index contributed by atoms with van der Waals surface area (Å²) in [7, 11) is 0. The monoisotopic (exact) mass is 290 g/mol. The van der Waals surface area contributed by atoms with Gasteiger partial charge in [-0.1, -0.05) is 30.3 Å². The van der Waals surface area contributed by atoms with Gasteiger partial charge in [-0.25, -0.2) is 9.59 Å². The van der Waals surface area contributed by atoms with Crippen molar-refractivity contribution >= 4 is 12.2 Å². The summed E-state index contributed by atoms with van der Waals surface area (Å²) in [6.45, 7) is 0.252. The predicted octanol–water partition coefficient (Wildman–Crippen LogP) is 1.94. The molecule has 2 amide bonds. The van der Waals surface area contributed by atoms with Crippen LogP contribution in [-0.2, 0) is 16.1 Å². The number of fused-ring (bicyclic) bond motifs is 1. The molecule has 1 aliphatic heterocycles. The van der Waals surface area contributed by atoms with Crippen molar-refractivity contribution in [3.05, 3.63) is 35.9 Å². The van der Waals surface area contributed by atoms with Crippen LogP contribution >= 0.6 is 0 Å². The molecule has 6 nitrogen and oxygen atoms in total. The van der Waals surface area contributed by atoms with E-state index < -0.39 is 6.09 Å². The van der Waals surface area contributed by atoms with Gasteiger partial charge in [0.15, 0.2) is 0 Å². The Hall–Kier alpha value is -2.24. The van der Waals surface area contributed by atoms with E-state index in [9.17, 15) is 9.59 Å². The number of ether oxygens (including phenoxy) is 2. The van der Waals surface area contributed by atoms with Crippen molar-refractivity contribution in [1.29, 1.82) is 0 Å². The molecule has 21 heavy (non-hydrogen) atoms.